The first-order chi connectivity index (χ1) is 8.50. The summed E-state index contributed by atoms with van der Waals surface area (Å²) in [5.41, 5.74) is -0.337. The summed E-state index contributed by atoms with van der Waals surface area (Å²) < 4.78 is 0. The van der Waals surface area contributed by atoms with E-state index in [1.165, 1.54) is 6.07 Å². The van der Waals surface area contributed by atoms with Crippen molar-refractivity contribution >= 4 is 17.5 Å². The lowest BCUT2D eigenvalue weighted by atomic mass is 9.92. The van der Waals surface area contributed by atoms with Gasteiger partial charge in [-0.25, -0.2) is 9.78 Å². The van der Waals surface area contributed by atoms with Gasteiger partial charge in [0.2, 0.25) is 5.82 Å². The highest BCUT2D eigenvalue weighted by Gasteiger charge is 2.29. The minimum Gasteiger partial charge on any atom is -0.477 e. The Morgan fingerprint density at radius 3 is 2.67 bits per heavy atom. The fraction of sp³-hybridized carbons (Fsp3) is 0.455. The molecule has 0 radical (unpaired) electrons. The molecule has 0 bridgehead atoms. The highest BCUT2D eigenvalue weighted by atomic mass is 16.6. The number of aromatic nitrogens is 1. The summed E-state index contributed by atoms with van der Waals surface area (Å²) in [6, 6.07) is 2.56. The van der Waals surface area contributed by atoms with Crippen LogP contribution in [-0.4, -0.2) is 34.1 Å². The van der Waals surface area contributed by atoms with Crippen LogP contribution in [0.5, 0.6) is 0 Å². The number of carboxylic acids is 1. The zero-order chi connectivity index (χ0) is 13.3. The van der Waals surface area contributed by atoms with Gasteiger partial charge in [0.05, 0.1) is 4.92 Å². The number of rotatable bonds is 4. The Kier molecular flexibility index (Phi) is 3.14. The summed E-state index contributed by atoms with van der Waals surface area (Å²) in [6.07, 6.45) is 2.99. The van der Waals surface area contributed by atoms with E-state index in [0.717, 1.165) is 25.3 Å². The maximum absolute atomic E-state index is 10.9. The molecule has 0 saturated heterocycles. The number of hydrogen-bond acceptors (Lipinski definition) is 5. The molecular weight excluding hydrogens is 238 g/mol. The van der Waals surface area contributed by atoms with Crippen LogP contribution in [0, 0.1) is 10.1 Å². The predicted molar refractivity (Wildman–Crippen MR) is 63.9 cm³/mol. The van der Waals surface area contributed by atoms with Gasteiger partial charge in [-0.1, -0.05) is 0 Å². The van der Waals surface area contributed by atoms with Crippen LogP contribution in [0.3, 0.4) is 0 Å². The van der Waals surface area contributed by atoms with E-state index in [-0.39, 0.29) is 23.2 Å². The summed E-state index contributed by atoms with van der Waals surface area (Å²) in [4.78, 5) is 26.8. The number of anilines is 1. The number of carboxylic acid groups (broad SMARTS) is 1. The van der Waals surface area contributed by atoms with Gasteiger partial charge in [-0.15, -0.1) is 0 Å². The van der Waals surface area contributed by atoms with Gasteiger partial charge in [0.25, 0.3) is 0 Å². The summed E-state index contributed by atoms with van der Waals surface area (Å²) in [5.74, 6) is -1.06. The third-order valence-electron chi connectivity index (χ3n) is 3.23. The highest BCUT2D eigenvalue weighted by molar-refractivity contribution is 5.86. The molecule has 7 heteroatoms. The van der Waals surface area contributed by atoms with E-state index >= 15 is 0 Å². The van der Waals surface area contributed by atoms with Crippen molar-refractivity contribution in [3.63, 3.8) is 0 Å². The van der Waals surface area contributed by atoms with Crippen LogP contribution in [-0.2, 0) is 0 Å². The molecule has 1 aromatic rings. The average Bonchev–Trinajstić information content (AvgIpc) is 2.25. The first kappa shape index (κ1) is 12.3. The van der Waals surface area contributed by atoms with Crippen LogP contribution in [0.15, 0.2) is 12.1 Å². The maximum Gasteiger partial charge on any atom is 0.354 e. The van der Waals surface area contributed by atoms with Crippen molar-refractivity contribution < 1.29 is 14.8 Å². The minimum atomic E-state index is -1.19. The van der Waals surface area contributed by atoms with Gasteiger partial charge in [0, 0.05) is 19.2 Å². The zero-order valence-corrected chi connectivity index (χ0v) is 9.87. The fourth-order valence-electron chi connectivity index (χ4n) is 1.91. The number of aromatic carboxylic acids is 1. The number of nitrogens with zero attached hydrogens (tertiary/aromatic N) is 3. The first-order valence-electron chi connectivity index (χ1n) is 5.62. The number of pyridine rings is 1. The average molecular weight is 251 g/mol. The molecule has 0 spiro atoms. The lowest BCUT2D eigenvalue weighted by Crippen LogP contribution is -2.38. The summed E-state index contributed by atoms with van der Waals surface area (Å²) in [7, 11) is 1.71. The van der Waals surface area contributed by atoms with Gasteiger partial charge in [-0.2, -0.15) is 0 Å². The van der Waals surface area contributed by atoms with Gasteiger partial charge in [-0.05, 0) is 25.3 Å². The van der Waals surface area contributed by atoms with Crippen molar-refractivity contribution in [2.24, 2.45) is 0 Å². The topological polar surface area (TPSA) is 96.6 Å². The smallest absolute Gasteiger partial charge is 0.354 e. The second-order valence-electron chi connectivity index (χ2n) is 4.30. The Morgan fingerprint density at radius 1 is 1.56 bits per heavy atom. The van der Waals surface area contributed by atoms with Crippen molar-refractivity contribution in [2.75, 3.05) is 11.9 Å². The van der Waals surface area contributed by atoms with Gasteiger partial charge in [0.1, 0.15) is 0 Å². The largest absolute Gasteiger partial charge is 0.477 e. The van der Waals surface area contributed by atoms with Crippen LogP contribution in [0.2, 0.25) is 0 Å². The number of nitro groups is 1. The Labute approximate surface area is 103 Å². The van der Waals surface area contributed by atoms with Crippen molar-refractivity contribution in [1.82, 2.24) is 4.98 Å². The molecule has 1 N–H and O–H groups in total. The normalized spacial score (nSPS) is 14.9. The summed E-state index contributed by atoms with van der Waals surface area (Å²) in [6.45, 7) is 0. The van der Waals surface area contributed by atoms with E-state index in [9.17, 15) is 14.9 Å². The molecule has 1 aromatic heterocycles. The molecule has 1 fully saturated rings. The minimum absolute atomic E-state index is 0.129. The van der Waals surface area contributed by atoms with Crippen LogP contribution >= 0.6 is 0 Å². The molecule has 18 heavy (non-hydrogen) atoms. The quantitative estimate of drug-likeness (QED) is 0.645. The van der Waals surface area contributed by atoms with Gasteiger partial charge in [-0.3, -0.25) is 10.1 Å². The van der Waals surface area contributed by atoms with E-state index in [0.29, 0.717) is 0 Å². The maximum atomic E-state index is 10.9. The third kappa shape index (κ3) is 2.11. The molecular formula is C11H13N3O4. The lowest BCUT2D eigenvalue weighted by Gasteiger charge is -2.35. The second-order valence-corrected chi connectivity index (χ2v) is 4.30. The van der Waals surface area contributed by atoms with Gasteiger partial charge < -0.3 is 10.0 Å². The van der Waals surface area contributed by atoms with Crippen LogP contribution < -0.4 is 4.90 Å². The molecule has 2 rings (SSSR count). The van der Waals surface area contributed by atoms with E-state index in [1.54, 1.807) is 11.9 Å². The molecule has 1 aliphatic carbocycles. The molecule has 96 valence electrons. The van der Waals surface area contributed by atoms with Gasteiger partial charge >= 0.3 is 11.7 Å². The van der Waals surface area contributed by atoms with E-state index in [2.05, 4.69) is 4.98 Å². The van der Waals surface area contributed by atoms with Crippen molar-refractivity contribution in [3.05, 3.63) is 27.9 Å². The molecule has 1 aliphatic rings. The molecule has 1 saturated carbocycles. The molecule has 1 heterocycles. The van der Waals surface area contributed by atoms with Crippen molar-refractivity contribution in [2.45, 2.75) is 25.3 Å². The molecule has 0 aliphatic heterocycles. The van der Waals surface area contributed by atoms with Crippen LogP contribution in [0.25, 0.3) is 0 Å². The number of carbonyl (C=O) groups is 1. The molecule has 0 unspecified atom stereocenters. The Balaban J connectivity index is 2.42. The number of hydrogen-bond donors (Lipinski definition) is 1. The first-order valence-corrected chi connectivity index (χ1v) is 5.62. The van der Waals surface area contributed by atoms with Crippen LogP contribution in [0.4, 0.5) is 11.5 Å². The SMILES string of the molecule is CN(c1nc(C(=O)O)ccc1[N+](=O)[O-])C1CCC1. The van der Waals surface area contributed by atoms with E-state index < -0.39 is 10.9 Å². The van der Waals surface area contributed by atoms with Crippen LogP contribution in [0.1, 0.15) is 29.8 Å². The Morgan fingerprint density at radius 2 is 2.22 bits per heavy atom. The molecule has 0 atom stereocenters. The standard InChI is InChI=1S/C11H13N3O4/c1-13(7-3-2-4-7)10-9(14(17)18)6-5-8(12-10)11(15)16/h5-7H,2-4H2,1H3,(H,15,16). The summed E-state index contributed by atoms with van der Waals surface area (Å²) >= 11 is 0. The molecule has 7 nitrogen and oxygen atoms in total. The zero-order valence-electron chi connectivity index (χ0n) is 9.87. The third-order valence-corrected chi connectivity index (χ3v) is 3.23. The molecule has 0 amide bonds. The fourth-order valence-corrected chi connectivity index (χ4v) is 1.91. The van der Waals surface area contributed by atoms with Crippen molar-refractivity contribution in [3.8, 4) is 0 Å². The van der Waals surface area contributed by atoms with Crippen molar-refractivity contribution in [1.29, 1.82) is 0 Å². The highest BCUT2D eigenvalue weighted by Crippen LogP contribution is 2.32. The molecule has 0 aromatic carbocycles. The summed E-state index contributed by atoms with van der Waals surface area (Å²) in [5, 5.41) is 19.8. The van der Waals surface area contributed by atoms with Gasteiger partial charge in [0.15, 0.2) is 5.69 Å². The monoisotopic (exact) mass is 251 g/mol. The van der Waals surface area contributed by atoms with E-state index in [1.807, 2.05) is 0 Å². The Bertz CT molecular complexity index is 499. The lowest BCUT2D eigenvalue weighted by molar-refractivity contribution is -0.384. The second kappa shape index (κ2) is 4.59. The Hall–Kier alpha value is -2.18. The van der Waals surface area contributed by atoms with E-state index in [4.69, 9.17) is 5.11 Å². The predicted octanol–water partition coefficient (Wildman–Crippen LogP) is 1.68.